The van der Waals surface area contributed by atoms with E-state index in [9.17, 15) is 0 Å². The van der Waals surface area contributed by atoms with E-state index in [-0.39, 0.29) is 6.10 Å². The lowest BCUT2D eigenvalue weighted by molar-refractivity contribution is 0.107. The molecular weight excluding hydrogens is 326 g/mol. The Hall–Kier alpha value is -1.54. The van der Waals surface area contributed by atoms with E-state index in [1.54, 1.807) is 38.0 Å². The molecule has 2 aromatic rings. The number of hydrogen-bond donors (Lipinski definition) is 0. The second kappa shape index (κ2) is 8.53. The van der Waals surface area contributed by atoms with E-state index in [2.05, 4.69) is 20.2 Å². The summed E-state index contributed by atoms with van der Waals surface area (Å²) in [7, 11) is 3.46. The number of likely N-dealkylation sites (tertiary alicyclic amines) is 1. The van der Waals surface area contributed by atoms with Gasteiger partial charge in [0, 0.05) is 44.9 Å². The van der Waals surface area contributed by atoms with E-state index >= 15 is 0 Å². The number of pyridine rings is 1. The molecule has 3 rings (SSSR count). The number of nitrogens with zero attached hydrogens (tertiary/aromatic N) is 3. The van der Waals surface area contributed by atoms with E-state index in [0.29, 0.717) is 19.3 Å². The highest BCUT2D eigenvalue weighted by atomic mass is 32.1. The molecule has 0 saturated carbocycles. The number of hydrogen-bond acceptors (Lipinski definition) is 7. The number of ether oxygens (including phenoxy) is 3. The molecule has 6 nitrogen and oxygen atoms in total. The molecule has 0 amide bonds. The molecule has 7 heteroatoms. The zero-order chi connectivity index (χ0) is 16.8. The summed E-state index contributed by atoms with van der Waals surface area (Å²) in [5.74, 6) is 0.800. The monoisotopic (exact) mass is 349 g/mol. The number of rotatable bonds is 8. The predicted molar refractivity (Wildman–Crippen MR) is 92.2 cm³/mol. The second-order valence-electron chi connectivity index (χ2n) is 5.84. The second-order valence-corrected chi connectivity index (χ2v) is 6.78. The number of thiazole rings is 1. The van der Waals surface area contributed by atoms with Gasteiger partial charge in [-0.3, -0.25) is 9.88 Å². The maximum absolute atomic E-state index is 5.90. The van der Waals surface area contributed by atoms with Crippen LogP contribution in [0.3, 0.4) is 0 Å². The summed E-state index contributed by atoms with van der Waals surface area (Å²) in [6.45, 7) is 2.90. The van der Waals surface area contributed by atoms with Gasteiger partial charge in [-0.15, -0.1) is 11.3 Å². The molecule has 1 aliphatic rings. The van der Waals surface area contributed by atoms with Crippen molar-refractivity contribution >= 4 is 11.3 Å². The van der Waals surface area contributed by atoms with Gasteiger partial charge in [0.15, 0.2) is 0 Å². The maximum Gasteiger partial charge on any atom is 0.137 e. The van der Waals surface area contributed by atoms with Crippen molar-refractivity contribution in [1.29, 1.82) is 0 Å². The molecule has 0 radical (unpaired) electrons. The first kappa shape index (κ1) is 17.3. The Morgan fingerprint density at radius 2 is 2.29 bits per heavy atom. The summed E-state index contributed by atoms with van der Waals surface area (Å²) in [5, 5.41) is 3.12. The maximum atomic E-state index is 5.90. The van der Waals surface area contributed by atoms with E-state index < -0.39 is 0 Å². The Bertz CT molecular complexity index is 623. The Labute approximate surface area is 146 Å². The molecule has 2 atom stereocenters. The Kier molecular flexibility index (Phi) is 6.14. The van der Waals surface area contributed by atoms with Crippen LogP contribution in [0.2, 0.25) is 0 Å². The van der Waals surface area contributed by atoms with Gasteiger partial charge < -0.3 is 14.2 Å². The predicted octanol–water partition coefficient (Wildman–Crippen LogP) is 2.35. The van der Waals surface area contributed by atoms with Crippen LogP contribution in [0.25, 0.3) is 0 Å². The van der Waals surface area contributed by atoms with Crippen molar-refractivity contribution in [3.05, 3.63) is 40.6 Å². The van der Waals surface area contributed by atoms with Crippen molar-refractivity contribution in [3.8, 4) is 5.75 Å². The van der Waals surface area contributed by atoms with Gasteiger partial charge in [-0.1, -0.05) is 0 Å². The third-order valence-electron chi connectivity index (χ3n) is 4.13. The van der Waals surface area contributed by atoms with Crippen molar-refractivity contribution < 1.29 is 14.2 Å². The first-order chi connectivity index (χ1) is 11.8. The minimum absolute atomic E-state index is 0.240. The van der Waals surface area contributed by atoms with Gasteiger partial charge in [0.05, 0.1) is 24.6 Å². The fourth-order valence-corrected chi connectivity index (χ4v) is 3.68. The van der Waals surface area contributed by atoms with Crippen LogP contribution in [0.4, 0.5) is 0 Å². The molecule has 0 bridgehead atoms. The van der Waals surface area contributed by atoms with Gasteiger partial charge in [0.2, 0.25) is 0 Å². The fourth-order valence-electron chi connectivity index (χ4n) is 2.92. The van der Waals surface area contributed by atoms with E-state index in [0.717, 1.165) is 36.0 Å². The van der Waals surface area contributed by atoms with Crippen molar-refractivity contribution in [2.45, 2.75) is 31.7 Å². The van der Waals surface area contributed by atoms with Crippen LogP contribution < -0.4 is 4.74 Å². The van der Waals surface area contributed by atoms with Crippen LogP contribution >= 0.6 is 11.3 Å². The zero-order valence-electron chi connectivity index (χ0n) is 14.1. The minimum Gasteiger partial charge on any atom is -0.490 e. The van der Waals surface area contributed by atoms with Crippen LogP contribution in [0.5, 0.6) is 5.75 Å². The standard InChI is InChI=1S/C17H23N3O3S/c1-21-11-17-19-13(12-24-17)8-20-9-16(22-2)6-14(20)10-23-15-4-3-5-18-7-15/h3-5,7,12,14,16H,6,8-11H2,1-2H3/t14-,16-/m1/s1. The summed E-state index contributed by atoms with van der Waals surface area (Å²) < 4.78 is 16.6. The molecule has 0 unspecified atom stereocenters. The van der Waals surface area contributed by atoms with Crippen LogP contribution in [-0.2, 0) is 22.6 Å². The first-order valence-electron chi connectivity index (χ1n) is 8.00. The summed E-state index contributed by atoms with van der Waals surface area (Å²) in [5.41, 5.74) is 1.08. The van der Waals surface area contributed by atoms with Crippen molar-refractivity contribution in [1.82, 2.24) is 14.9 Å². The SMILES string of the molecule is COCc1nc(CN2C[C@H](OC)C[C@@H]2COc2cccnc2)cs1. The normalized spacial score (nSPS) is 21.2. The average molecular weight is 349 g/mol. The third kappa shape index (κ3) is 4.51. The molecule has 0 aromatic carbocycles. The molecular formula is C17H23N3O3S. The largest absolute Gasteiger partial charge is 0.490 e. The first-order valence-corrected chi connectivity index (χ1v) is 8.88. The molecule has 1 saturated heterocycles. The molecule has 130 valence electrons. The van der Waals surface area contributed by atoms with Gasteiger partial charge in [0.1, 0.15) is 17.4 Å². The molecule has 0 N–H and O–H groups in total. The Balaban J connectivity index is 1.60. The molecule has 0 spiro atoms. The average Bonchev–Trinajstić information content (AvgIpc) is 3.21. The molecule has 24 heavy (non-hydrogen) atoms. The van der Waals surface area contributed by atoms with Crippen molar-refractivity contribution in [2.75, 3.05) is 27.4 Å². The number of methoxy groups -OCH3 is 2. The van der Waals surface area contributed by atoms with E-state index in [1.807, 2.05) is 12.1 Å². The molecule has 3 heterocycles. The van der Waals surface area contributed by atoms with Gasteiger partial charge in [-0.25, -0.2) is 4.98 Å². The highest BCUT2D eigenvalue weighted by Crippen LogP contribution is 2.24. The van der Waals surface area contributed by atoms with Crippen molar-refractivity contribution in [3.63, 3.8) is 0 Å². The Morgan fingerprint density at radius 1 is 1.38 bits per heavy atom. The number of aromatic nitrogens is 2. The van der Waals surface area contributed by atoms with E-state index in [4.69, 9.17) is 14.2 Å². The van der Waals surface area contributed by atoms with Crippen LogP contribution in [0, 0.1) is 0 Å². The molecule has 1 aliphatic heterocycles. The minimum atomic E-state index is 0.240. The molecule has 2 aromatic heterocycles. The topological polar surface area (TPSA) is 56.7 Å². The van der Waals surface area contributed by atoms with Gasteiger partial charge in [0.25, 0.3) is 0 Å². The smallest absolute Gasteiger partial charge is 0.137 e. The third-order valence-corrected chi connectivity index (χ3v) is 5.00. The van der Waals surface area contributed by atoms with Gasteiger partial charge in [-0.2, -0.15) is 0 Å². The highest BCUT2D eigenvalue weighted by Gasteiger charge is 2.33. The quantitative estimate of drug-likeness (QED) is 0.729. The highest BCUT2D eigenvalue weighted by molar-refractivity contribution is 7.09. The molecule has 1 fully saturated rings. The van der Waals surface area contributed by atoms with E-state index in [1.165, 1.54) is 0 Å². The summed E-state index contributed by atoms with van der Waals surface area (Å²) in [6.07, 6.45) is 4.69. The molecule has 0 aliphatic carbocycles. The van der Waals surface area contributed by atoms with Gasteiger partial charge in [-0.05, 0) is 18.6 Å². The summed E-state index contributed by atoms with van der Waals surface area (Å²) >= 11 is 1.64. The zero-order valence-corrected chi connectivity index (χ0v) is 14.9. The fraction of sp³-hybridized carbons (Fsp3) is 0.529. The lowest BCUT2D eigenvalue weighted by Gasteiger charge is -2.23. The summed E-state index contributed by atoms with van der Waals surface area (Å²) in [4.78, 5) is 11.1. The van der Waals surface area contributed by atoms with Crippen LogP contribution in [-0.4, -0.2) is 54.4 Å². The lowest BCUT2D eigenvalue weighted by Crippen LogP contribution is -2.34. The summed E-state index contributed by atoms with van der Waals surface area (Å²) in [6, 6.07) is 4.12. The van der Waals surface area contributed by atoms with Crippen molar-refractivity contribution in [2.24, 2.45) is 0 Å². The van der Waals surface area contributed by atoms with Gasteiger partial charge >= 0.3 is 0 Å². The van der Waals surface area contributed by atoms with Crippen LogP contribution in [0.15, 0.2) is 29.9 Å². The Morgan fingerprint density at radius 3 is 3.04 bits per heavy atom. The van der Waals surface area contributed by atoms with Crippen LogP contribution in [0.1, 0.15) is 17.1 Å². The lowest BCUT2D eigenvalue weighted by atomic mass is 10.2.